The molecule has 4 heteroatoms. The van der Waals surface area contributed by atoms with Gasteiger partial charge in [0.05, 0.1) is 5.56 Å². The molecule has 21 heavy (non-hydrogen) atoms. The number of halogens is 1. The van der Waals surface area contributed by atoms with Crippen LogP contribution in [0.5, 0.6) is 0 Å². The van der Waals surface area contributed by atoms with E-state index in [2.05, 4.69) is 26.0 Å². The van der Waals surface area contributed by atoms with Crippen molar-refractivity contribution in [3.05, 3.63) is 65.0 Å². The Labute approximate surface area is 128 Å². The number of thioether (sulfide) groups is 1. The molecule has 110 valence electrons. The summed E-state index contributed by atoms with van der Waals surface area (Å²) >= 11 is 1.53. The van der Waals surface area contributed by atoms with E-state index in [0.717, 1.165) is 11.0 Å². The average Bonchev–Trinajstić information content (AvgIpc) is 2.46. The first kappa shape index (κ1) is 15.6. The fourth-order valence-corrected chi connectivity index (χ4v) is 2.79. The van der Waals surface area contributed by atoms with E-state index in [1.807, 2.05) is 12.1 Å². The van der Waals surface area contributed by atoms with Gasteiger partial charge < -0.3 is 5.11 Å². The molecular weight excluding hydrogens is 287 g/mol. The first-order chi connectivity index (χ1) is 9.97. The third-order valence-electron chi connectivity index (χ3n) is 3.24. The van der Waals surface area contributed by atoms with Crippen LogP contribution < -0.4 is 0 Å². The SMILES string of the molecule is CC(C)c1ccc(SCc2ccc(C(=O)O)cc2F)cc1. The van der Waals surface area contributed by atoms with Gasteiger partial charge in [0.25, 0.3) is 0 Å². The predicted octanol–water partition coefficient (Wildman–Crippen LogP) is 4.94. The number of carboxylic acids is 1. The maximum absolute atomic E-state index is 13.8. The Kier molecular flexibility index (Phi) is 5.02. The van der Waals surface area contributed by atoms with E-state index in [1.54, 1.807) is 0 Å². The van der Waals surface area contributed by atoms with Crippen molar-refractivity contribution in [2.75, 3.05) is 0 Å². The highest BCUT2D eigenvalue weighted by atomic mass is 32.2. The van der Waals surface area contributed by atoms with Crippen molar-refractivity contribution in [3.8, 4) is 0 Å². The Bertz CT molecular complexity index is 636. The molecule has 2 aromatic carbocycles. The highest BCUT2D eigenvalue weighted by Crippen LogP contribution is 2.26. The highest BCUT2D eigenvalue weighted by molar-refractivity contribution is 7.98. The maximum Gasteiger partial charge on any atom is 0.335 e. The fourth-order valence-electron chi connectivity index (χ4n) is 1.91. The predicted molar refractivity (Wildman–Crippen MR) is 83.5 cm³/mol. The van der Waals surface area contributed by atoms with Crippen LogP contribution in [0.4, 0.5) is 4.39 Å². The molecule has 0 aromatic heterocycles. The maximum atomic E-state index is 13.8. The van der Waals surface area contributed by atoms with E-state index in [-0.39, 0.29) is 5.56 Å². The molecule has 0 atom stereocenters. The number of aromatic carboxylic acids is 1. The summed E-state index contributed by atoms with van der Waals surface area (Å²) in [6.07, 6.45) is 0. The zero-order valence-corrected chi connectivity index (χ0v) is 12.8. The monoisotopic (exact) mass is 304 g/mol. The zero-order chi connectivity index (χ0) is 15.4. The molecule has 0 fully saturated rings. The summed E-state index contributed by atoms with van der Waals surface area (Å²) in [6, 6.07) is 12.3. The van der Waals surface area contributed by atoms with Gasteiger partial charge in [0.15, 0.2) is 0 Å². The summed E-state index contributed by atoms with van der Waals surface area (Å²) in [5.41, 5.74) is 1.76. The minimum absolute atomic E-state index is 0.0254. The van der Waals surface area contributed by atoms with Crippen LogP contribution in [0.15, 0.2) is 47.4 Å². The highest BCUT2D eigenvalue weighted by Gasteiger charge is 2.08. The van der Waals surface area contributed by atoms with E-state index in [0.29, 0.717) is 17.2 Å². The number of carboxylic acid groups (broad SMARTS) is 1. The van der Waals surface area contributed by atoms with E-state index < -0.39 is 11.8 Å². The zero-order valence-electron chi connectivity index (χ0n) is 12.0. The molecule has 0 radical (unpaired) electrons. The van der Waals surface area contributed by atoms with Crippen molar-refractivity contribution >= 4 is 17.7 Å². The molecule has 2 rings (SSSR count). The lowest BCUT2D eigenvalue weighted by molar-refractivity contribution is 0.0696. The average molecular weight is 304 g/mol. The molecular formula is C17H17FO2S. The smallest absolute Gasteiger partial charge is 0.335 e. The van der Waals surface area contributed by atoms with Gasteiger partial charge in [0.2, 0.25) is 0 Å². The molecule has 0 spiro atoms. The summed E-state index contributed by atoms with van der Waals surface area (Å²) in [6.45, 7) is 4.28. The van der Waals surface area contributed by atoms with Gasteiger partial charge in [-0.15, -0.1) is 11.8 Å². The van der Waals surface area contributed by atoms with Crippen molar-refractivity contribution < 1.29 is 14.3 Å². The molecule has 0 heterocycles. The van der Waals surface area contributed by atoms with E-state index in [1.165, 1.54) is 29.5 Å². The number of hydrogen-bond donors (Lipinski definition) is 1. The molecule has 0 unspecified atom stereocenters. The molecule has 0 saturated carbocycles. The van der Waals surface area contributed by atoms with Crippen molar-refractivity contribution in [1.29, 1.82) is 0 Å². The van der Waals surface area contributed by atoms with Crippen molar-refractivity contribution in [1.82, 2.24) is 0 Å². The second-order valence-electron chi connectivity index (χ2n) is 5.12. The van der Waals surface area contributed by atoms with Crippen LogP contribution in [0.3, 0.4) is 0 Å². The second-order valence-corrected chi connectivity index (χ2v) is 6.17. The van der Waals surface area contributed by atoms with E-state index in [9.17, 15) is 9.18 Å². The summed E-state index contributed by atoms with van der Waals surface area (Å²) in [7, 11) is 0. The summed E-state index contributed by atoms with van der Waals surface area (Å²) < 4.78 is 13.8. The topological polar surface area (TPSA) is 37.3 Å². The molecule has 1 N–H and O–H groups in total. The van der Waals surface area contributed by atoms with Gasteiger partial charge in [-0.2, -0.15) is 0 Å². The van der Waals surface area contributed by atoms with E-state index >= 15 is 0 Å². The Hall–Kier alpha value is -1.81. The van der Waals surface area contributed by atoms with Crippen LogP contribution in [0.2, 0.25) is 0 Å². The lowest BCUT2D eigenvalue weighted by atomic mass is 10.0. The van der Waals surface area contributed by atoms with Crippen LogP contribution in [0.25, 0.3) is 0 Å². The van der Waals surface area contributed by atoms with Crippen molar-refractivity contribution in [2.45, 2.75) is 30.4 Å². The van der Waals surface area contributed by atoms with Gasteiger partial charge in [-0.25, -0.2) is 9.18 Å². The summed E-state index contributed by atoms with van der Waals surface area (Å²) in [4.78, 5) is 11.8. The number of benzene rings is 2. The molecule has 0 aliphatic carbocycles. The second kappa shape index (κ2) is 6.76. The Morgan fingerprint density at radius 1 is 1.19 bits per heavy atom. The number of hydrogen-bond acceptors (Lipinski definition) is 2. The van der Waals surface area contributed by atoms with Crippen LogP contribution in [-0.2, 0) is 5.75 Å². The Morgan fingerprint density at radius 3 is 2.38 bits per heavy atom. The normalized spacial score (nSPS) is 10.9. The van der Waals surface area contributed by atoms with Crippen LogP contribution >= 0.6 is 11.8 Å². The molecule has 0 amide bonds. The van der Waals surface area contributed by atoms with Crippen LogP contribution in [0.1, 0.15) is 41.3 Å². The van der Waals surface area contributed by atoms with Gasteiger partial charge >= 0.3 is 5.97 Å². The Balaban J connectivity index is 2.04. The van der Waals surface area contributed by atoms with Crippen molar-refractivity contribution in [2.24, 2.45) is 0 Å². The van der Waals surface area contributed by atoms with Crippen LogP contribution in [0, 0.1) is 5.82 Å². The number of rotatable bonds is 5. The standard InChI is InChI=1S/C17H17FO2S/c1-11(2)12-5-7-15(8-6-12)21-10-14-4-3-13(17(19)20)9-16(14)18/h3-9,11H,10H2,1-2H3,(H,19,20). The fraction of sp³-hybridized carbons (Fsp3) is 0.235. The first-order valence-electron chi connectivity index (χ1n) is 6.72. The molecule has 0 bridgehead atoms. The lowest BCUT2D eigenvalue weighted by Gasteiger charge is -2.07. The van der Waals surface area contributed by atoms with Gasteiger partial charge in [0.1, 0.15) is 5.82 Å². The van der Waals surface area contributed by atoms with Gasteiger partial charge in [-0.1, -0.05) is 32.0 Å². The molecule has 0 aliphatic rings. The first-order valence-corrected chi connectivity index (χ1v) is 7.70. The Morgan fingerprint density at radius 2 is 1.86 bits per heavy atom. The van der Waals surface area contributed by atoms with E-state index in [4.69, 9.17) is 5.11 Å². The van der Waals surface area contributed by atoms with Gasteiger partial charge in [-0.05, 0) is 41.3 Å². The lowest BCUT2D eigenvalue weighted by Crippen LogP contribution is -1.98. The molecule has 0 aliphatic heterocycles. The third kappa shape index (κ3) is 4.08. The minimum Gasteiger partial charge on any atom is -0.478 e. The molecule has 2 nitrogen and oxygen atoms in total. The third-order valence-corrected chi connectivity index (χ3v) is 4.30. The van der Waals surface area contributed by atoms with Gasteiger partial charge in [-0.3, -0.25) is 0 Å². The quantitative estimate of drug-likeness (QED) is 0.795. The number of carbonyl (C=O) groups is 1. The van der Waals surface area contributed by atoms with Gasteiger partial charge in [0, 0.05) is 10.6 Å². The molecule has 0 saturated heterocycles. The van der Waals surface area contributed by atoms with Crippen LogP contribution in [-0.4, -0.2) is 11.1 Å². The minimum atomic E-state index is -1.11. The summed E-state index contributed by atoms with van der Waals surface area (Å²) in [5, 5.41) is 8.81. The van der Waals surface area contributed by atoms with Crippen molar-refractivity contribution in [3.63, 3.8) is 0 Å². The summed E-state index contributed by atoms with van der Waals surface area (Å²) in [5.74, 6) is -0.615. The molecule has 2 aromatic rings. The largest absolute Gasteiger partial charge is 0.478 e.